The minimum atomic E-state index is 0.663. The third kappa shape index (κ3) is 2.45. The zero-order chi connectivity index (χ0) is 13.4. The number of aromatic amines is 1. The van der Waals surface area contributed by atoms with Gasteiger partial charge < -0.3 is 9.55 Å². The van der Waals surface area contributed by atoms with E-state index in [0.29, 0.717) is 11.3 Å². The van der Waals surface area contributed by atoms with Crippen molar-refractivity contribution in [1.82, 2.24) is 29.3 Å². The van der Waals surface area contributed by atoms with Gasteiger partial charge in [0.2, 0.25) is 0 Å². The lowest BCUT2D eigenvalue weighted by Gasteiger charge is -2.01. The van der Waals surface area contributed by atoms with Gasteiger partial charge >= 0.3 is 0 Å². The van der Waals surface area contributed by atoms with Crippen LogP contribution in [-0.4, -0.2) is 29.3 Å². The summed E-state index contributed by atoms with van der Waals surface area (Å²) in [7, 11) is 1.85. The smallest absolute Gasteiger partial charge is 0.179 e. The summed E-state index contributed by atoms with van der Waals surface area (Å²) in [6.45, 7) is 0.706. The van der Waals surface area contributed by atoms with Crippen LogP contribution in [-0.2, 0) is 20.0 Å². The monoisotopic (exact) mass is 338 g/mol. The van der Waals surface area contributed by atoms with E-state index >= 15 is 0 Å². The van der Waals surface area contributed by atoms with Gasteiger partial charge in [-0.15, -0.1) is 0 Å². The Morgan fingerprint density at radius 2 is 2.26 bits per heavy atom. The minimum Gasteiger partial charge on any atom is -0.329 e. The van der Waals surface area contributed by atoms with Crippen LogP contribution in [0.25, 0.3) is 11.2 Å². The molecule has 0 fully saturated rings. The molecule has 1 N–H and O–H groups in total. The zero-order valence-electron chi connectivity index (χ0n) is 10.2. The molecule has 19 heavy (non-hydrogen) atoms. The molecule has 0 aromatic carbocycles. The number of hydrogen-bond acceptors (Lipinski definition) is 4. The van der Waals surface area contributed by atoms with Crippen molar-refractivity contribution in [3.63, 3.8) is 0 Å². The molecule has 0 atom stereocenters. The third-order valence-electron chi connectivity index (χ3n) is 2.78. The largest absolute Gasteiger partial charge is 0.329 e. The zero-order valence-corrected chi connectivity index (χ0v) is 12.6. The van der Waals surface area contributed by atoms with E-state index in [1.54, 1.807) is 17.2 Å². The Hall–Kier alpha value is -1.54. The van der Waals surface area contributed by atoms with E-state index in [1.807, 2.05) is 17.7 Å². The van der Waals surface area contributed by atoms with Crippen LogP contribution < -0.4 is 0 Å². The van der Waals surface area contributed by atoms with Gasteiger partial charge in [0.25, 0.3) is 0 Å². The fourth-order valence-corrected chi connectivity index (χ4v) is 2.55. The van der Waals surface area contributed by atoms with Gasteiger partial charge in [0, 0.05) is 30.7 Å². The summed E-state index contributed by atoms with van der Waals surface area (Å²) in [6, 6.07) is 1.97. The van der Waals surface area contributed by atoms with Gasteiger partial charge in [-0.05, 0) is 34.2 Å². The van der Waals surface area contributed by atoms with Crippen LogP contribution in [0.5, 0.6) is 0 Å². The van der Waals surface area contributed by atoms with E-state index in [0.717, 1.165) is 27.9 Å². The maximum atomic E-state index is 5.32. The highest BCUT2D eigenvalue weighted by molar-refractivity contribution is 9.10. The highest BCUT2D eigenvalue weighted by Crippen LogP contribution is 2.17. The molecule has 0 saturated heterocycles. The van der Waals surface area contributed by atoms with Gasteiger partial charge in [-0.3, -0.25) is 4.68 Å². The van der Waals surface area contributed by atoms with Crippen molar-refractivity contribution in [1.29, 1.82) is 0 Å². The van der Waals surface area contributed by atoms with E-state index in [4.69, 9.17) is 12.2 Å². The third-order valence-corrected chi connectivity index (χ3v) is 3.54. The van der Waals surface area contributed by atoms with Crippen LogP contribution in [0.2, 0.25) is 0 Å². The molecule has 0 saturated carbocycles. The molecular weight excluding hydrogens is 328 g/mol. The number of imidazole rings is 1. The van der Waals surface area contributed by atoms with Gasteiger partial charge in [-0.25, -0.2) is 9.97 Å². The molecule has 0 unspecified atom stereocenters. The molecule has 3 aromatic rings. The van der Waals surface area contributed by atoms with Gasteiger partial charge in [-0.2, -0.15) is 5.10 Å². The van der Waals surface area contributed by atoms with Crippen LogP contribution in [0.15, 0.2) is 23.1 Å². The van der Waals surface area contributed by atoms with Crippen LogP contribution in [0.4, 0.5) is 0 Å². The molecular formula is C11H11BrN6S. The molecule has 98 valence electrons. The lowest BCUT2D eigenvalue weighted by Crippen LogP contribution is -2.04. The SMILES string of the molecule is Cn1cnc(CCn2c(=S)[nH]c3cc(Br)cnc32)n1. The van der Waals surface area contributed by atoms with Crippen molar-refractivity contribution in [2.75, 3.05) is 0 Å². The number of pyridine rings is 1. The maximum Gasteiger partial charge on any atom is 0.179 e. The summed E-state index contributed by atoms with van der Waals surface area (Å²) in [6.07, 6.45) is 4.18. The molecule has 3 heterocycles. The fraction of sp³-hybridized carbons (Fsp3) is 0.273. The summed E-state index contributed by atoms with van der Waals surface area (Å²) in [5.74, 6) is 0.802. The summed E-state index contributed by atoms with van der Waals surface area (Å²) in [5.41, 5.74) is 1.78. The second-order valence-electron chi connectivity index (χ2n) is 4.19. The maximum absolute atomic E-state index is 5.32. The van der Waals surface area contributed by atoms with E-state index in [2.05, 4.69) is 36.0 Å². The Morgan fingerprint density at radius 3 is 3.00 bits per heavy atom. The van der Waals surface area contributed by atoms with Crippen LogP contribution >= 0.6 is 28.1 Å². The van der Waals surface area contributed by atoms with Crippen molar-refractivity contribution >= 4 is 39.3 Å². The molecule has 6 nitrogen and oxygen atoms in total. The van der Waals surface area contributed by atoms with Crippen LogP contribution in [0, 0.1) is 4.77 Å². The summed E-state index contributed by atoms with van der Waals surface area (Å²) in [4.78, 5) is 11.7. The lowest BCUT2D eigenvalue weighted by molar-refractivity contribution is 0.662. The summed E-state index contributed by atoms with van der Waals surface area (Å²) >= 11 is 8.72. The average molecular weight is 339 g/mol. The van der Waals surface area contributed by atoms with Gasteiger partial charge in [0.1, 0.15) is 6.33 Å². The van der Waals surface area contributed by atoms with Gasteiger partial charge in [-0.1, -0.05) is 0 Å². The molecule has 0 radical (unpaired) electrons. The van der Waals surface area contributed by atoms with Crippen molar-refractivity contribution in [3.05, 3.63) is 33.7 Å². The second-order valence-corrected chi connectivity index (χ2v) is 5.49. The molecule has 3 rings (SSSR count). The van der Waals surface area contributed by atoms with E-state index < -0.39 is 0 Å². The molecule has 3 aromatic heterocycles. The fourth-order valence-electron chi connectivity index (χ4n) is 1.94. The van der Waals surface area contributed by atoms with E-state index in [-0.39, 0.29) is 0 Å². The van der Waals surface area contributed by atoms with E-state index in [1.165, 1.54) is 0 Å². The highest BCUT2D eigenvalue weighted by atomic mass is 79.9. The quantitative estimate of drug-likeness (QED) is 0.744. The van der Waals surface area contributed by atoms with Gasteiger partial charge in [0.05, 0.1) is 5.52 Å². The number of rotatable bonds is 3. The predicted molar refractivity (Wildman–Crippen MR) is 77.3 cm³/mol. The topological polar surface area (TPSA) is 64.3 Å². The number of fused-ring (bicyclic) bond motifs is 1. The Morgan fingerprint density at radius 1 is 1.42 bits per heavy atom. The molecule has 0 aliphatic carbocycles. The van der Waals surface area contributed by atoms with Crippen molar-refractivity contribution in [3.8, 4) is 0 Å². The molecule has 0 amide bonds. The Kier molecular flexibility index (Phi) is 3.19. The molecule has 0 aliphatic heterocycles. The Balaban J connectivity index is 1.92. The summed E-state index contributed by atoms with van der Waals surface area (Å²) in [5, 5.41) is 4.25. The molecule has 0 spiro atoms. The van der Waals surface area contributed by atoms with E-state index in [9.17, 15) is 0 Å². The first-order valence-corrected chi connectivity index (χ1v) is 6.92. The molecule has 0 bridgehead atoms. The van der Waals surface area contributed by atoms with Crippen molar-refractivity contribution < 1.29 is 0 Å². The number of aromatic nitrogens is 6. The standard InChI is InChI=1S/C11H11BrN6S/c1-17-6-14-9(16-17)2-3-18-10-8(15-11(18)19)4-7(12)5-13-10/h4-6H,2-3H2,1H3,(H,15,19). The molecule has 0 aliphatic rings. The van der Waals surface area contributed by atoms with Crippen molar-refractivity contribution in [2.45, 2.75) is 13.0 Å². The number of nitrogens with zero attached hydrogens (tertiary/aromatic N) is 5. The van der Waals surface area contributed by atoms with Crippen molar-refractivity contribution in [2.24, 2.45) is 7.05 Å². The first kappa shape index (κ1) is 12.5. The Bertz CT molecular complexity index is 786. The van der Waals surface area contributed by atoms with Crippen LogP contribution in [0.3, 0.4) is 0 Å². The number of hydrogen-bond donors (Lipinski definition) is 1. The minimum absolute atomic E-state index is 0.663. The highest BCUT2D eigenvalue weighted by Gasteiger charge is 2.07. The Labute approximate surface area is 122 Å². The normalized spacial score (nSPS) is 11.3. The number of aryl methyl sites for hydroxylation is 3. The average Bonchev–Trinajstić information content (AvgIpc) is 2.89. The second kappa shape index (κ2) is 4.86. The lowest BCUT2D eigenvalue weighted by atomic mass is 10.4. The first-order valence-electron chi connectivity index (χ1n) is 5.72. The van der Waals surface area contributed by atoms with Gasteiger partial charge in [0.15, 0.2) is 16.2 Å². The first-order chi connectivity index (χ1) is 9.13. The summed E-state index contributed by atoms with van der Waals surface area (Å²) < 4.78 is 5.25. The molecule has 8 heteroatoms. The number of halogens is 1. The number of H-pyrrole nitrogens is 1. The van der Waals surface area contributed by atoms with Crippen LogP contribution in [0.1, 0.15) is 5.82 Å². The number of nitrogens with one attached hydrogen (secondary N) is 1. The predicted octanol–water partition coefficient (Wildman–Crippen LogP) is 2.23.